The average molecular weight is 302 g/mol. The first-order valence-electron chi connectivity index (χ1n) is 6.91. The van der Waals surface area contributed by atoms with Crippen LogP contribution >= 0.6 is 11.8 Å². The van der Waals surface area contributed by atoms with Crippen LogP contribution in [-0.2, 0) is 5.41 Å². The minimum absolute atomic E-state index is 0.121. The van der Waals surface area contributed by atoms with Crippen LogP contribution < -0.4 is 11.3 Å². The molecule has 4 nitrogen and oxygen atoms in total. The van der Waals surface area contributed by atoms with Gasteiger partial charge in [-0.1, -0.05) is 50.2 Å². The summed E-state index contributed by atoms with van der Waals surface area (Å²) in [7, 11) is 0. The lowest BCUT2D eigenvalue weighted by molar-refractivity contribution is 0.539. The highest BCUT2D eigenvalue weighted by atomic mass is 32.2. The van der Waals surface area contributed by atoms with E-state index in [0.29, 0.717) is 5.82 Å². The van der Waals surface area contributed by atoms with Gasteiger partial charge in [-0.25, -0.2) is 15.8 Å². The van der Waals surface area contributed by atoms with Crippen LogP contribution in [0.25, 0.3) is 0 Å². The molecule has 112 valence electrons. The minimum Gasteiger partial charge on any atom is -0.308 e. The van der Waals surface area contributed by atoms with Gasteiger partial charge in [-0.15, -0.1) is 0 Å². The Morgan fingerprint density at radius 3 is 2.38 bits per heavy atom. The molecule has 2 rings (SSSR count). The second-order valence-corrected chi connectivity index (χ2v) is 7.24. The molecule has 0 atom stereocenters. The summed E-state index contributed by atoms with van der Waals surface area (Å²) >= 11 is 1.64. The highest BCUT2D eigenvalue weighted by Gasteiger charge is 2.19. The van der Waals surface area contributed by atoms with E-state index in [2.05, 4.69) is 68.2 Å². The normalized spacial score (nSPS) is 11.5. The molecule has 0 aliphatic rings. The van der Waals surface area contributed by atoms with Gasteiger partial charge >= 0.3 is 0 Å². The van der Waals surface area contributed by atoms with E-state index in [1.807, 2.05) is 6.07 Å². The van der Waals surface area contributed by atoms with Crippen molar-refractivity contribution in [2.75, 3.05) is 5.43 Å². The van der Waals surface area contributed by atoms with E-state index in [-0.39, 0.29) is 5.41 Å². The molecule has 0 fully saturated rings. The van der Waals surface area contributed by atoms with Crippen molar-refractivity contribution in [3.05, 3.63) is 41.2 Å². The standard InChI is InChI=1S/C16H22N4S/c1-10-6-7-12(11(2)8-10)21-14-9-13(20-17)18-15(19-14)16(3,4)5/h6-9H,17H2,1-5H3,(H,18,19,20). The van der Waals surface area contributed by atoms with Gasteiger partial charge in [0.2, 0.25) is 0 Å². The van der Waals surface area contributed by atoms with E-state index >= 15 is 0 Å². The number of nitrogens with zero attached hydrogens (tertiary/aromatic N) is 2. The molecule has 0 radical (unpaired) electrons. The predicted octanol–water partition coefficient (Wildman–Crippen LogP) is 3.83. The molecular formula is C16H22N4S. The van der Waals surface area contributed by atoms with Crippen molar-refractivity contribution in [3.8, 4) is 0 Å². The molecular weight excluding hydrogens is 280 g/mol. The maximum Gasteiger partial charge on any atom is 0.144 e. The third-order valence-electron chi connectivity index (χ3n) is 3.07. The zero-order valence-electron chi connectivity index (χ0n) is 13.2. The zero-order valence-corrected chi connectivity index (χ0v) is 14.0. The van der Waals surface area contributed by atoms with Gasteiger partial charge in [0.25, 0.3) is 0 Å². The summed E-state index contributed by atoms with van der Waals surface area (Å²) in [6.45, 7) is 10.5. The van der Waals surface area contributed by atoms with Gasteiger partial charge in [-0.05, 0) is 25.5 Å². The first-order chi connectivity index (χ1) is 9.79. The average Bonchev–Trinajstić information content (AvgIpc) is 2.40. The first-order valence-corrected chi connectivity index (χ1v) is 7.72. The molecule has 0 saturated carbocycles. The van der Waals surface area contributed by atoms with Gasteiger partial charge in [0.15, 0.2) is 0 Å². The number of rotatable bonds is 3. The van der Waals surface area contributed by atoms with E-state index in [0.717, 1.165) is 10.9 Å². The lowest BCUT2D eigenvalue weighted by Crippen LogP contribution is -2.19. The van der Waals surface area contributed by atoms with Crippen LogP contribution in [0.4, 0.5) is 5.82 Å². The molecule has 2 aromatic rings. The molecule has 0 unspecified atom stereocenters. The van der Waals surface area contributed by atoms with Crippen molar-refractivity contribution in [2.24, 2.45) is 5.84 Å². The van der Waals surface area contributed by atoms with E-state index in [1.54, 1.807) is 11.8 Å². The molecule has 3 N–H and O–H groups in total. The Balaban J connectivity index is 2.39. The molecule has 0 spiro atoms. The molecule has 1 aromatic heterocycles. The number of anilines is 1. The Morgan fingerprint density at radius 1 is 1.10 bits per heavy atom. The van der Waals surface area contributed by atoms with Crippen molar-refractivity contribution in [2.45, 2.75) is 50.0 Å². The fourth-order valence-electron chi connectivity index (χ4n) is 1.91. The molecule has 0 aliphatic carbocycles. The van der Waals surface area contributed by atoms with Crippen LogP contribution in [0, 0.1) is 13.8 Å². The number of nitrogens with two attached hydrogens (primary N) is 1. The number of nitrogens with one attached hydrogen (secondary N) is 1. The molecule has 5 heteroatoms. The Labute approximate surface area is 130 Å². The highest BCUT2D eigenvalue weighted by Crippen LogP contribution is 2.32. The van der Waals surface area contributed by atoms with Gasteiger partial charge in [-0.3, -0.25) is 0 Å². The Kier molecular flexibility index (Phi) is 4.54. The van der Waals surface area contributed by atoms with E-state index in [9.17, 15) is 0 Å². The lowest BCUT2D eigenvalue weighted by atomic mass is 9.96. The number of aryl methyl sites for hydroxylation is 2. The third-order valence-corrected chi connectivity index (χ3v) is 4.16. The highest BCUT2D eigenvalue weighted by molar-refractivity contribution is 7.99. The van der Waals surface area contributed by atoms with Crippen molar-refractivity contribution in [1.29, 1.82) is 0 Å². The summed E-state index contributed by atoms with van der Waals surface area (Å²) in [6.07, 6.45) is 0. The summed E-state index contributed by atoms with van der Waals surface area (Å²) in [4.78, 5) is 10.3. The quantitative estimate of drug-likeness (QED) is 0.512. The Morgan fingerprint density at radius 2 is 1.81 bits per heavy atom. The third kappa shape index (κ3) is 3.95. The minimum atomic E-state index is -0.121. The monoisotopic (exact) mass is 302 g/mol. The molecule has 0 saturated heterocycles. The number of hydrazine groups is 1. The summed E-state index contributed by atoms with van der Waals surface area (Å²) in [5.74, 6) is 6.95. The van der Waals surface area contributed by atoms with Crippen LogP contribution in [0.5, 0.6) is 0 Å². The fraction of sp³-hybridized carbons (Fsp3) is 0.375. The lowest BCUT2D eigenvalue weighted by Gasteiger charge is -2.18. The van der Waals surface area contributed by atoms with Crippen LogP contribution in [0.1, 0.15) is 37.7 Å². The van der Waals surface area contributed by atoms with Gasteiger partial charge in [0, 0.05) is 16.4 Å². The van der Waals surface area contributed by atoms with E-state index in [1.165, 1.54) is 16.0 Å². The second-order valence-electron chi connectivity index (χ2n) is 6.18. The smallest absolute Gasteiger partial charge is 0.144 e. The van der Waals surface area contributed by atoms with Gasteiger partial charge in [0.1, 0.15) is 16.7 Å². The molecule has 0 bridgehead atoms. The number of aromatic nitrogens is 2. The summed E-state index contributed by atoms with van der Waals surface area (Å²) < 4.78 is 0. The molecule has 1 aromatic carbocycles. The largest absolute Gasteiger partial charge is 0.308 e. The van der Waals surface area contributed by atoms with Gasteiger partial charge < -0.3 is 5.43 Å². The second kappa shape index (κ2) is 6.03. The van der Waals surface area contributed by atoms with Crippen LogP contribution in [-0.4, -0.2) is 9.97 Å². The van der Waals surface area contributed by atoms with E-state index < -0.39 is 0 Å². The zero-order chi connectivity index (χ0) is 15.6. The summed E-state index contributed by atoms with van der Waals surface area (Å²) in [5, 5.41) is 0.898. The molecule has 0 aliphatic heterocycles. The van der Waals surface area contributed by atoms with Crippen molar-refractivity contribution < 1.29 is 0 Å². The van der Waals surface area contributed by atoms with Crippen LogP contribution in [0.15, 0.2) is 34.2 Å². The summed E-state index contributed by atoms with van der Waals surface area (Å²) in [5.41, 5.74) is 5.02. The van der Waals surface area contributed by atoms with Crippen LogP contribution in [0.2, 0.25) is 0 Å². The SMILES string of the molecule is Cc1ccc(Sc2cc(NN)nc(C(C)(C)C)n2)c(C)c1. The molecule has 0 amide bonds. The number of benzene rings is 1. The van der Waals surface area contributed by atoms with Gasteiger partial charge in [0.05, 0.1) is 0 Å². The van der Waals surface area contributed by atoms with E-state index in [4.69, 9.17) is 5.84 Å². The topological polar surface area (TPSA) is 63.8 Å². The Hall–Kier alpha value is -1.59. The number of nitrogen functional groups attached to an aromatic ring is 1. The number of hydrogen-bond donors (Lipinski definition) is 2. The van der Waals surface area contributed by atoms with Crippen molar-refractivity contribution in [3.63, 3.8) is 0 Å². The van der Waals surface area contributed by atoms with Crippen molar-refractivity contribution in [1.82, 2.24) is 9.97 Å². The molecule has 21 heavy (non-hydrogen) atoms. The summed E-state index contributed by atoms with van der Waals surface area (Å²) in [6, 6.07) is 8.29. The van der Waals surface area contributed by atoms with Gasteiger partial charge in [-0.2, -0.15) is 0 Å². The molecule has 1 heterocycles. The van der Waals surface area contributed by atoms with Crippen molar-refractivity contribution >= 4 is 17.6 Å². The predicted molar refractivity (Wildman–Crippen MR) is 88.6 cm³/mol. The maximum atomic E-state index is 5.52. The first kappa shape index (κ1) is 15.8. The number of hydrogen-bond acceptors (Lipinski definition) is 5. The maximum absolute atomic E-state index is 5.52. The fourth-order valence-corrected chi connectivity index (χ4v) is 2.80. The van der Waals surface area contributed by atoms with Crippen LogP contribution in [0.3, 0.4) is 0 Å². The Bertz CT molecular complexity index is 647.